The summed E-state index contributed by atoms with van der Waals surface area (Å²) in [4.78, 5) is 0. The van der Waals surface area contributed by atoms with E-state index in [-0.39, 0.29) is 5.75 Å². The van der Waals surface area contributed by atoms with Crippen molar-refractivity contribution in [3.05, 3.63) is 29.8 Å². The minimum Gasteiger partial charge on any atom is -0.489 e. The Balaban J connectivity index is 2.14. The second-order valence-corrected chi connectivity index (χ2v) is 3.37. The van der Waals surface area contributed by atoms with Crippen LogP contribution < -0.4 is 10.1 Å². The summed E-state index contributed by atoms with van der Waals surface area (Å²) in [6.45, 7) is 4.91. The van der Waals surface area contributed by atoms with Crippen molar-refractivity contribution in [2.75, 3.05) is 32.9 Å². The summed E-state index contributed by atoms with van der Waals surface area (Å²) in [6.07, 6.45) is 0. The van der Waals surface area contributed by atoms with Crippen molar-refractivity contribution in [1.82, 2.24) is 5.32 Å². The van der Waals surface area contributed by atoms with Crippen LogP contribution in [0.4, 0.5) is 8.78 Å². The number of hydrogen-bond donors (Lipinski definition) is 1. The van der Waals surface area contributed by atoms with Crippen molar-refractivity contribution in [3.63, 3.8) is 0 Å². The van der Waals surface area contributed by atoms with E-state index in [1.165, 1.54) is 12.1 Å². The fourth-order valence-electron chi connectivity index (χ4n) is 1.24. The van der Waals surface area contributed by atoms with Crippen LogP contribution in [-0.2, 0) is 4.74 Å². The summed E-state index contributed by atoms with van der Waals surface area (Å²) in [6, 6.07) is 3.25. The third kappa shape index (κ3) is 5.60. The van der Waals surface area contributed by atoms with Gasteiger partial charge in [-0.2, -0.15) is 0 Å². The van der Waals surface area contributed by atoms with Crippen LogP contribution in [0.15, 0.2) is 18.2 Å². The van der Waals surface area contributed by atoms with E-state index in [0.717, 1.165) is 12.6 Å². The molecule has 1 rings (SSSR count). The van der Waals surface area contributed by atoms with E-state index in [0.29, 0.717) is 26.4 Å². The van der Waals surface area contributed by atoms with Crippen molar-refractivity contribution in [3.8, 4) is 5.75 Å². The summed E-state index contributed by atoms with van der Waals surface area (Å²) in [5.41, 5.74) is 0. The first-order valence-electron chi connectivity index (χ1n) is 5.60. The Labute approximate surface area is 99.7 Å². The lowest BCUT2D eigenvalue weighted by Crippen LogP contribution is -2.25. The lowest BCUT2D eigenvalue weighted by Gasteiger charge is -2.08. The van der Waals surface area contributed by atoms with Gasteiger partial charge in [0.05, 0.1) is 6.61 Å². The van der Waals surface area contributed by atoms with Crippen molar-refractivity contribution < 1.29 is 18.3 Å². The number of ether oxygens (including phenoxy) is 2. The number of halogens is 2. The van der Waals surface area contributed by atoms with E-state index in [4.69, 9.17) is 9.47 Å². The predicted molar refractivity (Wildman–Crippen MR) is 61.2 cm³/mol. The second-order valence-electron chi connectivity index (χ2n) is 3.37. The van der Waals surface area contributed by atoms with Crippen molar-refractivity contribution >= 4 is 0 Å². The predicted octanol–water partition coefficient (Wildman–Crippen LogP) is 1.97. The van der Waals surface area contributed by atoms with E-state index in [1.807, 2.05) is 6.92 Å². The molecule has 0 fully saturated rings. The average Bonchev–Trinajstić information content (AvgIpc) is 2.30. The van der Waals surface area contributed by atoms with Crippen LogP contribution in [0.5, 0.6) is 5.75 Å². The number of hydrogen-bond acceptors (Lipinski definition) is 3. The van der Waals surface area contributed by atoms with Crippen molar-refractivity contribution in [1.29, 1.82) is 0 Å². The van der Waals surface area contributed by atoms with Gasteiger partial charge in [-0.1, -0.05) is 0 Å². The van der Waals surface area contributed by atoms with Crippen LogP contribution in [0.2, 0.25) is 0 Å². The zero-order chi connectivity index (χ0) is 12.5. The third-order valence-corrected chi connectivity index (χ3v) is 2.06. The zero-order valence-corrected chi connectivity index (χ0v) is 9.84. The summed E-state index contributed by atoms with van der Waals surface area (Å²) >= 11 is 0. The molecule has 3 nitrogen and oxygen atoms in total. The summed E-state index contributed by atoms with van der Waals surface area (Å²) in [7, 11) is 0. The first-order chi connectivity index (χ1) is 8.24. The summed E-state index contributed by atoms with van der Waals surface area (Å²) < 4.78 is 36.0. The topological polar surface area (TPSA) is 30.5 Å². The highest BCUT2D eigenvalue weighted by Crippen LogP contribution is 2.16. The Bertz CT molecular complexity index is 334. The van der Waals surface area contributed by atoms with E-state index >= 15 is 0 Å². The molecule has 0 radical (unpaired) electrons. The molecule has 96 valence electrons. The minimum absolute atomic E-state index is 0.0676. The van der Waals surface area contributed by atoms with Crippen LogP contribution in [0.1, 0.15) is 6.92 Å². The van der Waals surface area contributed by atoms with E-state index < -0.39 is 11.6 Å². The smallest absolute Gasteiger partial charge is 0.167 e. The molecule has 0 amide bonds. The van der Waals surface area contributed by atoms with Gasteiger partial charge >= 0.3 is 0 Å². The lowest BCUT2D eigenvalue weighted by molar-refractivity contribution is 0.148. The number of rotatable bonds is 8. The first kappa shape index (κ1) is 13.9. The van der Waals surface area contributed by atoms with Crippen molar-refractivity contribution in [2.45, 2.75) is 6.92 Å². The van der Waals surface area contributed by atoms with Gasteiger partial charge in [0.25, 0.3) is 0 Å². The molecule has 17 heavy (non-hydrogen) atoms. The molecular weight excluding hydrogens is 228 g/mol. The van der Waals surface area contributed by atoms with Crippen LogP contribution in [0.3, 0.4) is 0 Å². The van der Waals surface area contributed by atoms with E-state index in [1.54, 1.807) is 0 Å². The highest BCUT2D eigenvalue weighted by molar-refractivity contribution is 5.24. The molecule has 0 aliphatic carbocycles. The maximum Gasteiger partial charge on any atom is 0.167 e. The molecule has 0 aromatic heterocycles. The highest BCUT2D eigenvalue weighted by Gasteiger charge is 2.03. The van der Waals surface area contributed by atoms with Crippen LogP contribution >= 0.6 is 0 Å². The van der Waals surface area contributed by atoms with Gasteiger partial charge in [0.15, 0.2) is 11.6 Å². The molecule has 1 aromatic rings. The number of benzene rings is 1. The van der Waals surface area contributed by atoms with Gasteiger partial charge in [-0.25, -0.2) is 8.78 Å². The third-order valence-electron chi connectivity index (χ3n) is 2.06. The Morgan fingerprint density at radius 3 is 2.65 bits per heavy atom. The molecule has 0 aliphatic heterocycles. The summed E-state index contributed by atoms with van der Waals surface area (Å²) in [5.74, 6) is -1.22. The van der Waals surface area contributed by atoms with E-state index in [9.17, 15) is 8.78 Å². The molecular formula is C12H17F2NO2. The lowest BCUT2D eigenvalue weighted by atomic mass is 10.3. The van der Waals surface area contributed by atoms with Crippen molar-refractivity contribution in [2.24, 2.45) is 0 Å². The molecule has 0 bridgehead atoms. The second kappa shape index (κ2) is 7.97. The molecule has 0 atom stereocenters. The molecule has 1 N–H and O–H groups in total. The molecule has 0 unspecified atom stereocenters. The van der Waals surface area contributed by atoms with Gasteiger partial charge in [0.2, 0.25) is 0 Å². The molecule has 0 saturated heterocycles. The normalized spacial score (nSPS) is 10.5. The van der Waals surface area contributed by atoms with E-state index in [2.05, 4.69) is 5.32 Å². The molecule has 0 saturated carbocycles. The SMILES string of the molecule is CCOCCNCCOc1ccc(F)cc1F. The molecule has 1 aromatic carbocycles. The molecule has 5 heteroatoms. The van der Waals surface area contributed by atoms with Crippen LogP contribution in [0, 0.1) is 11.6 Å². The Morgan fingerprint density at radius 2 is 1.94 bits per heavy atom. The minimum atomic E-state index is -0.681. The van der Waals surface area contributed by atoms with Gasteiger partial charge < -0.3 is 14.8 Å². The Morgan fingerprint density at radius 1 is 1.18 bits per heavy atom. The molecule has 0 spiro atoms. The Hall–Kier alpha value is -1.20. The molecule has 0 heterocycles. The fraction of sp³-hybridized carbons (Fsp3) is 0.500. The van der Waals surface area contributed by atoms with Gasteiger partial charge in [0, 0.05) is 25.8 Å². The van der Waals surface area contributed by atoms with Gasteiger partial charge in [-0.3, -0.25) is 0 Å². The van der Waals surface area contributed by atoms with Gasteiger partial charge in [-0.15, -0.1) is 0 Å². The maximum absolute atomic E-state index is 13.1. The fourth-order valence-corrected chi connectivity index (χ4v) is 1.24. The molecule has 0 aliphatic rings. The monoisotopic (exact) mass is 245 g/mol. The van der Waals surface area contributed by atoms with Gasteiger partial charge in [-0.05, 0) is 19.1 Å². The quantitative estimate of drug-likeness (QED) is 0.710. The van der Waals surface area contributed by atoms with Gasteiger partial charge in [0.1, 0.15) is 12.4 Å². The number of nitrogens with one attached hydrogen (secondary N) is 1. The maximum atomic E-state index is 13.1. The first-order valence-corrected chi connectivity index (χ1v) is 5.60. The van der Waals surface area contributed by atoms with Crippen LogP contribution in [0.25, 0.3) is 0 Å². The summed E-state index contributed by atoms with van der Waals surface area (Å²) in [5, 5.41) is 3.07. The Kier molecular flexibility index (Phi) is 6.50. The largest absolute Gasteiger partial charge is 0.489 e. The zero-order valence-electron chi connectivity index (χ0n) is 9.84. The standard InChI is InChI=1S/C12H17F2NO2/c1-2-16-7-5-15-6-8-17-12-4-3-10(13)9-11(12)14/h3-4,9,15H,2,5-8H2,1H3. The highest BCUT2D eigenvalue weighted by atomic mass is 19.1. The average molecular weight is 245 g/mol. The van der Waals surface area contributed by atoms with Crippen LogP contribution in [-0.4, -0.2) is 32.9 Å².